The second-order valence-corrected chi connectivity index (χ2v) is 12.5. The Kier molecular flexibility index (Phi) is 8.10. The maximum atomic E-state index is 14.2. The van der Waals surface area contributed by atoms with Gasteiger partial charge in [-0.2, -0.15) is 0 Å². The highest BCUT2D eigenvalue weighted by molar-refractivity contribution is 5.95. The molecule has 2 saturated heterocycles. The molecule has 0 radical (unpaired) electrons. The van der Waals surface area contributed by atoms with E-state index in [4.69, 9.17) is 9.47 Å². The zero-order chi connectivity index (χ0) is 31.0. The number of ether oxygens (including phenoxy) is 2. The number of amides is 2. The molecule has 0 aromatic heterocycles. The third-order valence-electron chi connectivity index (χ3n) is 10.2. The predicted octanol–water partition coefficient (Wildman–Crippen LogP) is 4.96. The van der Waals surface area contributed by atoms with E-state index in [1.807, 2.05) is 48.2 Å². The van der Waals surface area contributed by atoms with E-state index in [2.05, 4.69) is 52.7 Å². The lowest BCUT2D eigenvalue weighted by Crippen LogP contribution is -2.57. The van der Waals surface area contributed by atoms with Crippen molar-refractivity contribution in [3.63, 3.8) is 0 Å². The minimum Gasteiger partial charge on any atom is -0.459 e. The van der Waals surface area contributed by atoms with Crippen LogP contribution in [0.25, 0.3) is 11.1 Å². The Morgan fingerprint density at radius 2 is 1.78 bits per heavy atom. The van der Waals surface area contributed by atoms with Crippen LogP contribution < -0.4 is 10.2 Å². The van der Waals surface area contributed by atoms with Crippen LogP contribution in [0.1, 0.15) is 55.2 Å². The van der Waals surface area contributed by atoms with Crippen LogP contribution in [0.15, 0.2) is 84.6 Å². The molecule has 2 amide bonds. The number of carbonyl (C=O) groups is 2. The zero-order valence-corrected chi connectivity index (χ0v) is 25.8. The van der Waals surface area contributed by atoms with Crippen LogP contribution in [0.5, 0.6) is 0 Å². The van der Waals surface area contributed by atoms with Crippen molar-refractivity contribution in [1.29, 1.82) is 0 Å². The number of aliphatic hydroxyl groups excluding tert-OH is 1. The van der Waals surface area contributed by atoms with Crippen LogP contribution in [0.3, 0.4) is 0 Å². The number of fused-ring (bicyclic) bond motifs is 3. The van der Waals surface area contributed by atoms with Crippen LogP contribution in [-0.2, 0) is 25.5 Å². The summed E-state index contributed by atoms with van der Waals surface area (Å²) < 4.78 is 12.6. The number of nitrogens with one attached hydrogen (secondary N) is 1. The van der Waals surface area contributed by atoms with Gasteiger partial charge in [0.1, 0.15) is 5.54 Å². The molecule has 3 heterocycles. The average molecular weight is 608 g/mol. The summed E-state index contributed by atoms with van der Waals surface area (Å²) in [6, 6.07) is 25.0. The van der Waals surface area contributed by atoms with E-state index in [0.29, 0.717) is 57.8 Å². The normalized spacial score (nSPS) is 23.3. The molecule has 45 heavy (non-hydrogen) atoms. The van der Waals surface area contributed by atoms with Crippen molar-refractivity contribution in [2.75, 3.05) is 37.9 Å². The molecule has 1 aliphatic carbocycles. The van der Waals surface area contributed by atoms with Gasteiger partial charge in [0.05, 0.1) is 6.67 Å². The number of rotatable bonds is 8. The molecular formula is C37H41N3O5. The monoisotopic (exact) mass is 607 g/mol. The minimum atomic E-state index is -0.675. The average Bonchev–Trinajstić information content (AvgIpc) is 3.61. The smallest absolute Gasteiger partial charge is 0.288 e. The van der Waals surface area contributed by atoms with Gasteiger partial charge >= 0.3 is 0 Å². The summed E-state index contributed by atoms with van der Waals surface area (Å²) >= 11 is 0. The van der Waals surface area contributed by atoms with E-state index < -0.39 is 11.8 Å². The predicted molar refractivity (Wildman–Crippen MR) is 172 cm³/mol. The number of benzene rings is 3. The topological polar surface area (TPSA) is 91.3 Å². The Hall–Kier alpha value is -4.14. The highest BCUT2D eigenvalue weighted by Gasteiger charge is 2.51. The molecule has 2 N–H and O–H groups in total. The standard InChI is InChI=1S/C37H41N3O5/c1-2-44-35-30(16-9-21-41)32(29-15-8-14-28-27-13-7-6-10-25(27)22-31(28)29)23-33(45-35)34(42)39-19-17-37(18-20-39)36(43)38-24-40(37)26-11-4-3-5-12-26/h3-8,10-15,23,30,32,35,41H,2,9,16-22,24H2,1H3,(H,38,43)/t30-,32-,35-/m1/s1. The van der Waals surface area contributed by atoms with Gasteiger partial charge < -0.3 is 29.7 Å². The van der Waals surface area contributed by atoms with Crippen molar-refractivity contribution in [3.8, 4) is 11.1 Å². The lowest BCUT2D eigenvalue weighted by molar-refractivity contribution is -0.171. The van der Waals surface area contributed by atoms with Crippen molar-refractivity contribution < 1.29 is 24.2 Å². The van der Waals surface area contributed by atoms with E-state index in [0.717, 1.165) is 12.1 Å². The number of anilines is 1. The first kappa shape index (κ1) is 29.6. The number of likely N-dealkylation sites (tertiary alicyclic amines) is 1. The molecule has 3 aromatic rings. The van der Waals surface area contributed by atoms with Crippen molar-refractivity contribution in [2.24, 2.45) is 5.92 Å². The third-order valence-corrected chi connectivity index (χ3v) is 10.2. The first-order valence-corrected chi connectivity index (χ1v) is 16.3. The first-order chi connectivity index (χ1) is 22.0. The maximum Gasteiger partial charge on any atom is 0.288 e. The molecular weight excluding hydrogens is 566 g/mol. The highest BCUT2D eigenvalue weighted by Crippen LogP contribution is 2.46. The van der Waals surface area contributed by atoms with E-state index in [1.165, 1.54) is 27.8 Å². The van der Waals surface area contributed by atoms with Gasteiger partial charge in [-0.15, -0.1) is 0 Å². The van der Waals surface area contributed by atoms with E-state index in [1.54, 1.807) is 0 Å². The number of hydrogen-bond donors (Lipinski definition) is 2. The van der Waals surface area contributed by atoms with Gasteiger partial charge in [0.15, 0.2) is 5.76 Å². The Morgan fingerprint density at radius 3 is 2.56 bits per heavy atom. The molecule has 0 bridgehead atoms. The van der Waals surface area contributed by atoms with Crippen molar-refractivity contribution in [1.82, 2.24) is 10.2 Å². The van der Waals surface area contributed by atoms with Crippen molar-refractivity contribution in [3.05, 3.63) is 101 Å². The number of piperidine rings is 1. The number of para-hydroxylation sites is 1. The van der Waals surface area contributed by atoms with Gasteiger partial charge in [0.25, 0.3) is 5.91 Å². The molecule has 2 fully saturated rings. The summed E-state index contributed by atoms with van der Waals surface area (Å²) in [5, 5.41) is 12.8. The van der Waals surface area contributed by atoms with Crippen LogP contribution >= 0.6 is 0 Å². The molecule has 234 valence electrons. The van der Waals surface area contributed by atoms with Crippen LogP contribution in [0.4, 0.5) is 5.69 Å². The summed E-state index contributed by atoms with van der Waals surface area (Å²) in [5.74, 6) is -0.0153. The van der Waals surface area contributed by atoms with Gasteiger partial charge in [-0.25, -0.2) is 0 Å². The van der Waals surface area contributed by atoms with Crippen LogP contribution in [-0.4, -0.2) is 66.6 Å². The second-order valence-electron chi connectivity index (χ2n) is 12.5. The van der Waals surface area contributed by atoms with E-state index in [9.17, 15) is 14.7 Å². The fourth-order valence-corrected chi connectivity index (χ4v) is 7.88. The van der Waals surface area contributed by atoms with Crippen LogP contribution in [0, 0.1) is 5.92 Å². The summed E-state index contributed by atoms with van der Waals surface area (Å²) in [7, 11) is 0. The molecule has 0 saturated carbocycles. The Morgan fingerprint density at radius 1 is 1.02 bits per heavy atom. The van der Waals surface area contributed by atoms with Crippen molar-refractivity contribution in [2.45, 2.75) is 56.8 Å². The molecule has 3 aliphatic heterocycles. The lowest BCUT2D eigenvalue weighted by Gasteiger charge is -2.44. The minimum absolute atomic E-state index is 0.0220. The Bertz CT molecular complexity index is 1600. The fraction of sp³-hybridized carbons (Fsp3) is 0.405. The van der Waals surface area contributed by atoms with Crippen molar-refractivity contribution >= 4 is 17.5 Å². The van der Waals surface area contributed by atoms with E-state index >= 15 is 0 Å². The largest absolute Gasteiger partial charge is 0.459 e. The van der Waals surface area contributed by atoms with Gasteiger partial charge in [-0.3, -0.25) is 9.59 Å². The molecule has 3 atom stereocenters. The summed E-state index contributed by atoms with van der Waals surface area (Å²) in [4.78, 5) is 31.3. The molecule has 8 heteroatoms. The SMILES string of the molecule is CCO[C@@H]1OC(C(=O)N2CCC3(CC2)C(=O)NCN3c2ccccc2)=C[C@H](c2cccc3c2Cc2ccccc2-3)[C@H]1CCCO. The van der Waals surface area contributed by atoms with Gasteiger partial charge in [-0.05, 0) is 85.1 Å². The molecule has 8 nitrogen and oxygen atoms in total. The second kappa shape index (κ2) is 12.3. The Balaban J connectivity index is 1.18. The summed E-state index contributed by atoms with van der Waals surface area (Å²) in [5.41, 5.74) is 6.60. The Labute approximate surface area is 264 Å². The fourth-order valence-electron chi connectivity index (χ4n) is 7.88. The first-order valence-electron chi connectivity index (χ1n) is 16.3. The molecule has 1 spiro atoms. The number of allylic oxidation sites excluding steroid dienone is 1. The molecule has 0 unspecified atom stereocenters. The maximum absolute atomic E-state index is 14.2. The lowest BCUT2D eigenvalue weighted by atomic mass is 9.78. The van der Waals surface area contributed by atoms with Crippen LogP contribution in [0.2, 0.25) is 0 Å². The summed E-state index contributed by atoms with van der Waals surface area (Å²) in [6.07, 6.45) is 4.63. The molecule has 7 rings (SSSR count). The highest BCUT2D eigenvalue weighted by atomic mass is 16.7. The number of hydrogen-bond acceptors (Lipinski definition) is 6. The number of aliphatic hydroxyl groups is 1. The zero-order valence-electron chi connectivity index (χ0n) is 25.8. The molecule has 4 aliphatic rings. The van der Waals surface area contributed by atoms with Gasteiger partial charge in [0.2, 0.25) is 12.2 Å². The molecule has 3 aromatic carbocycles. The quantitative estimate of drug-likeness (QED) is 0.294. The van der Waals surface area contributed by atoms with Gasteiger partial charge in [-0.1, -0.05) is 60.7 Å². The van der Waals surface area contributed by atoms with E-state index in [-0.39, 0.29) is 30.3 Å². The third kappa shape index (κ3) is 5.20. The number of carbonyl (C=O) groups excluding carboxylic acids is 2. The van der Waals surface area contributed by atoms with Gasteiger partial charge in [0, 0.05) is 43.8 Å². The number of nitrogens with zero attached hydrogens (tertiary/aromatic N) is 2. The summed E-state index contributed by atoms with van der Waals surface area (Å²) in [6.45, 7) is 3.83.